The molecule has 0 aliphatic heterocycles. The Hall–Kier alpha value is -1.50. The molecular weight excluding hydrogens is 158 g/mol. The van der Waals surface area contributed by atoms with Gasteiger partial charge in [-0.1, -0.05) is 35.9 Å². The van der Waals surface area contributed by atoms with Crippen molar-refractivity contribution in [3.05, 3.63) is 47.7 Å². The second-order valence-electron chi connectivity index (χ2n) is 3.23. The van der Waals surface area contributed by atoms with Crippen molar-refractivity contribution < 1.29 is 0 Å². The number of allylic oxidation sites excluding steroid dienone is 1. The number of nitrogens with two attached hydrogens (primary N) is 1. The molecule has 0 aromatic heterocycles. The maximum atomic E-state index is 5.37. The molecule has 0 radical (unpaired) electrons. The Morgan fingerprint density at radius 3 is 2.69 bits per heavy atom. The van der Waals surface area contributed by atoms with Crippen LogP contribution in [0.5, 0.6) is 0 Å². The molecule has 1 heteroatoms. The summed E-state index contributed by atoms with van der Waals surface area (Å²) in [5, 5.41) is 0. The van der Waals surface area contributed by atoms with Crippen LogP contribution >= 0.6 is 0 Å². The van der Waals surface area contributed by atoms with Crippen LogP contribution in [0, 0.1) is 6.92 Å². The Labute approximate surface area is 79.6 Å². The van der Waals surface area contributed by atoms with E-state index >= 15 is 0 Å². The minimum atomic E-state index is 1.06. The fourth-order valence-electron chi connectivity index (χ4n) is 1.31. The summed E-state index contributed by atoms with van der Waals surface area (Å²) in [7, 11) is 0. The summed E-state index contributed by atoms with van der Waals surface area (Å²) in [6.07, 6.45) is 3.46. The quantitative estimate of drug-likeness (QED) is 0.731. The number of rotatable bonds is 2. The molecule has 0 saturated heterocycles. The third-order valence-corrected chi connectivity index (χ3v) is 1.94. The van der Waals surface area contributed by atoms with Crippen molar-refractivity contribution in [2.24, 2.45) is 5.73 Å². The second-order valence-corrected chi connectivity index (χ2v) is 3.23. The molecule has 0 aliphatic carbocycles. The van der Waals surface area contributed by atoms with Crippen molar-refractivity contribution in [3.8, 4) is 0 Å². The van der Waals surface area contributed by atoms with E-state index in [2.05, 4.69) is 31.7 Å². The van der Waals surface area contributed by atoms with Crippen molar-refractivity contribution in [1.82, 2.24) is 0 Å². The van der Waals surface area contributed by atoms with Crippen LogP contribution in [0.1, 0.15) is 23.6 Å². The smallest absolute Gasteiger partial charge is 0.00561 e. The number of hydrogen-bond donors (Lipinski definition) is 1. The molecular formula is C12H15N. The molecule has 0 heterocycles. The van der Waals surface area contributed by atoms with E-state index in [4.69, 9.17) is 5.73 Å². The van der Waals surface area contributed by atoms with Crippen molar-refractivity contribution in [2.75, 3.05) is 0 Å². The highest BCUT2D eigenvalue weighted by molar-refractivity contribution is 5.72. The molecule has 2 N–H and O–H groups in total. The zero-order valence-corrected chi connectivity index (χ0v) is 8.17. The van der Waals surface area contributed by atoms with Crippen molar-refractivity contribution in [1.29, 1.82) is 0 Å². The molecule has 1 nitrogen and oxygen atoms in total. The molecule has 0 atom stereocenters. The van der Waals surface area contributed by atoms with Gasteiger partial charge in [0.15, 0.2) is 0 Å². The number of hydrogen-bond acceptors (Lipinski definition) is 1. The normalized spacial score (nSPS) is 10.6. The van der Waals surface area contributed by atoms with Gasteiger partial charge < -0.3 is 5.73 Å². The Bertz CT molecular complexity index is 348. The van der Waals surface area contributed by atoms with Crippen LogP contribution < -0.4 is 5.73 Å². The average Bonchev–Trinajstić information content (AvgIpc) is 2.04. The molecule has 0 unspecified atom stereocenters. The van der Waals surface area contributed by atoms with Crippen LogP contribution in [0.2, 0.25) is 0 Å². The maximum Gasteiger partial charge on any atom is -0.00561 e. The Morgan fingerprint density at radius 1 is 1.46 bits per heavy atom. The van der Waals surface area contributed by atoms with Crippen molar-refractivity contribution >= 4 is 11.6 Å². The third kappa shape index (κ3) is 2.22. The summed E-state index contributed by atoms with van der Waals surface area (Å²) in [5.74, 6) is 0. The lowest BCUT2D eigenvalue weighted by molar-refractivity contribution is 1.42. The van der Waals surface area contributed by atoms with E-state index in [0.29, 0.717) is 0 Å². The molecule has 0 spiro atoms. The lowest BCUT2D eigenvalue weighted by Crippen LogP contribution is -1.87. The molecule has 1 rings (SSSR count). The van der Waals surface area contributed by atoms with Gasteiger partial charge in [0.05, 0.1) is 0 Å². The Kier molecular flexibility index (Phi) is 2.91. The Morgan fingerprint density at radius 2 is 2.15 bits per heavy atom. The van der Waals surface area contributed by atoms with Gasteiger partial charge in [-0.05, 0) is 37.3 Å². The highest BCUT2D eigenvalue weighted by atomic mass is 14.5. The van der Waals surface area contributed by atoms with E-state index in [9.17, 15) is 0 Å². The summed E-state index contributed by atoms with van der Waals surface area (Å²) in [5.41, 5.74) is 9.96. The van der Waals surface area contributed by atoms with Crippen LogP contribution in [0.25, 0.3) is 11.6 Å². The minimum Gasteiger partial charge on any atom is -0.405 e. The molecule has 0 fully saturated rings. The molecule has 13 heavy (non-hydrogen) atoms. The minimum absolute atomic E-state index is 1.06. The van der Waals surface area contributed by atoms with Crippen LogP contribution in [0.15, 0.2) is 31.0 Å². The van der Waals surface area contributed by atoms with Crippen molar-refractivity contribution in [3.63, 3.8) is 0 Å². The molecule has 68 valence electrons. The van der Waals surface area contributed by atoms with Crippen LogP contribution in [0.3, 0.4) is 0 Å². The van der Waals surface area contributed by atoms with Gasteiger partial charge in [0.2, 0.25) is 0 Å². The highest BCUT2D eigenvalue weighted by Crippen LogP contribution is 2.19. The standard InChI is InChI=1S/C12H15N/c1-9(2)12-5-4-10(3)8-11(12)6-7-13/h4-8H,1,13H2,2-3H3/b7-6-. The zero-order valence-electron chi connectivity index (χ0n) is 8.17. The SMILES string of the molecule is C=C(C)c1ccc(C)cc1/C=C\N. The molecule has 1 aromatic rings. The van der Waals surface area contributed by atoms with Gasteiger partial charge in [0.1, 0.15) is 0 Å². The van der Waals surface area contributed by atoms with E-state index < -0.39 is 0 Å². The summed E-state index contributed by atoms with van der Waals surface area (Å²) in [4.78, 5) is 0. The van der Waals surface area contributed by atoms with E-state index in [1.54, 1.807) is 6.20 Å². The summed E-state index contributed by atoms with van der Waals surface area (Å²) in [6, 6.07) is 6.26. The lowest BCUT2D eigenvalue weighted by atomic mass is 10.00. The molecule has 1 aromatic carbocycles. The first-order valence-electron chi connectivity index (χ1n) is 4.30. The van der Waals surface area contributed by atoms with Gasteiger partial charge in [-0.2, -0.15) is 0 Å². The van der Waals surface area contributed by atoms with Gasteiger partial charge in [0.25, 0.3) is 0 Å². The summed E-state index contributed by atoms with van der Waals surface area (Å²) in [6.45, 7) is 7.99. The Balaban J connectivity index is 3.26. The molecule has 0 amide bonds. The van der Waals surface area contributed by atoms with Gasteiger partial charge >= 0.3 is 0 Å². The second kappa shape index (κ2) is 3.94. The number of aryl methyl sites for hydroxylation is 1. The van der Waals surface area contributed by atoms with Crippen molar-refractivity contribution in [2.45, 2.75) is 13.8 Å². The average molecular weight is 173 g/mol. The number of benzene rings is 1. The maximum absolute atomic E-state index is 5.37. The van der Waals surface area contributed by atoms with E-state index in [1.807, 2.05) is 13.0 Å². The predicted octanol–water partition coefficient (Wildman–Crippen LogP) is 2.96. The first kappa shape index (κ1) is 9.59. The first-order valence-corrected chi connectivity index (χ1v) is 4.30. The molecule has 0 saturated carbocycles. The van der Waals surface area contributed by atoms with Gasteiger partial charge in [-0.25, -0.2) is 0 Å². The molecule has 0 bridgehead atoms. The van der Waals surface area contributed by atoms with E-state index in [0.717, 1.165) is 16.7 Å². The highest BCUT2D eigenvalue weighted by Gasteiger charge is 1.99. The predicted molar refractivity (Wildman–Crippen MR) is 59.1 cm³/mol. The lowest BCUT2D eigenvalue weighted by Gasteiger charge is -2.06. The first-order chi connectivity index (χ1) is 6.15. The van der Waals surface area contributed by atoms with Crippen LogP contribution in [-0.2, 0) is 0 Å². The van der Waals surface area contributed by atoms with Crippen LogP contribution in [-0.4, -0.2) is 0 Å². The largest absolute Gasteiger partial charge is 0.405 e. The fourth-order valence-corrected chi connectivity index (χ4v) is 1.31. The fraction of sp³-hybridized carbons (Fsp3) is 0.167. The summed E-state index contributed by atoms with van der Waals surface area (Å²) < 4.78 is 0. The summed E-state index contributed by atoms with van der Waals surface area (Å²) >= 11 is 0. The van der Waals surface area contributed by atoms with Gasteiger partial charge in [-0.15, -0.1) is 0 Å². The van der Waals surface area contributed by atoms with E-state index in [-0.39, 0.29) is 0 Å². The van der Waals surface area contributed by atoms with Gasteiger partial charge in [-0.3, -0.25) is 0 Å². The monoisotopic (exact) mass is 173 g/mol. The topological polar surface area (TPSA) is 26.0 Å². The van der Waals surface area contributed by atoms with E-state index in [1.165, 1.54) is 5.56 Å². The zero-order chi connectivity index (χ0) is 9.84. The molecule has 0 aliphatic rings. The van der Waals surface area contributed by atoms with Crippen LogP contribution in [0.4, 0.5) is 0 Å². The van der Waals surface area contributed by atoms with Gasteiger partial charge in [0, 0.05) is 0 Å². The third-order valence-electron chi connectivity index (χ3n) is 1.94.